The molecule has 0 spiro atoms. The van der Waals surface area contributed by atoms with Gasteiger partial charge >= 0.3 is 11.9 Å². The number of ether oxygens (including phenoxy) is 6. The summed E-state index contributed by atoms with van der Waals surface area (Å²) in [6.07, 6.45) is -8.22. The van der Waals surface area contributed by atoms with Crippen LogP contribution in [0.25, 0.3) is 0 Å². The first kappa shape index (κ1) is 45.0. The van der Waals surface area contributed by atoms with E-state index in [-0.39, 0.29) is 45.8 Å². The van der Waals surface area contributed by atoms with E-state index >= 15 is 0 Å². The van der Waals surface area contributed by atoms with Crippen LogP contribution in [0.4, 0.5) is 0 Å². The molecule has 0 radical (unpaired) electrons. The van der Waals surface area contributed by atoms with Gasteiger partial charge in [0.25, 0.3) is 0 Å². The van der Waals surface area contributed by atoms with Gasteiger partial charge in [0.1, 0.15) is 42.7 Å². The van der Waals surface area contributed by atoms with E-state index in [9.17, 15) is 45.0 Å². The molecule has 6 fully saturated rings. The number of carbonyl (C=O) groups excluding carboxylic acids is 3. The van der Waals surface area contributed by atoms with E-state index in [4.69, 9.17) is 23.7 Å². The minimum absolute atomic E-state index is 0.00637. The summed E-state index contributed by atoms with van der Waals surface area (Å²) in [4.78, 5) is 40.4. The summed E-state index contributed by atoms with van der Waals surface area (Å²) in [5.74, 6) is -1.24. The van der Waals surface area contributed by atoms with Crippen molar-refractivity contribution in [3.05, 3.63) is 11.6 Å². The number of hydrogen-bond acceptors (Lipinski definition) is 15. The molecule has 7 aliphatic rings. The van der Waals surface area contributed by atoms with Gasteiger partial charge in [-0.15, -0.1) is 0 Å². The van der Waals surface area contributed by atoms with Crippen LogP contribution in [-0.2, 0) is 42.8 Å². The number of rotatable bonds is 7. The van der Waals surface area contributed by atoms with Crippen LogP contribution in [0.2, 0.25) is 0 Å². The Morgan fingerprint density at radius 3 is 2.08 bits per heavy atom. The molecule has 0 amide bonds. The summed E-state index contributed by atoms with van der Waals surface area (Å²) >= 11 is 0. The molecule has 4 unspecified atom stereocenters. The number of aliphatic hydroxyl groups excluding tert-OH is 6. The summed E-state index contributed by atoms with van der Waals surface area (Å²) in [6.45, 7) is 14.9. The number of ketones is 1. The molecule has 0 aromatic heterocycles. The summed E-state index contributed by atoms with van der Waals surface area (Å²) in [6, 6.07) is 0. The summed E-state index contributed by atoms with van der Waals surface area (Å²) in [5.41, 5.74) is -1.00. The van der Waals surface area contributed by atoms with Crippen molar-refractivity contribution in [3.63, 3.8) is 0 Å². The molecule has 0 aromatic carbocycles. The van der Waals surface area contributed by atoms with Gasteiger partial charge in [-0.3, -0.25) is 9.59 Å². The van der Waals surface area contributed by atoms with Crippen LogP contribution >= 0.6 is 0 Å². The Bertz CT molecular complexity index is 1680. The van der Waals surface area contributed by atoms with Gasteiger partial charge < -0.3 is 59.1 Å². The fourth-order valence-corrected chi connectivity index (χ4v) is 13.7. The highest BCUT2D eigenvalue weighted by Gasteiger charge is 2.71. The minimum atomic E-state index is -1.89. The molecule has 15 heteroatoms. The SMILES string of the molecule is COC(=O)[C@H]1O[C@@H](O[C@H]2[C@H](OC3CC[C@@]4(C)C(CC[C@]5(C)C4C(=O)C=C4C6C[C@@](C)(C(=O)OC)CC[C@]6(C)CC[C@]45C)C3(C)C)O[C@H](CO)[C@@H](O)[C@@H]2O)[C@H](O)[C@@H](O)[C@@H]1O. The van der Waals surface area contributed by atoms with Crippen molar-refractivity contribution in [1.82, 2.24) is 0 Å². The van der Waals surface area contributed by atoms with Crippen LogP contribution in [-0.4, -0.2) is 137 Å². The fraction of sp³-hybridized carbons (Fsp3) is 0.886. The minimum Gasteiger partial charge on any atom is -0.469 e. The Balaban J connectivity index is 1.16. The third kappa shape index (κ3) is 6.70. The molecular formula is C44H68O15. The van der Waals surface area contributed by atoms with Crippen LogP contribution in [0.1, 0.15) is 106 Å². The first-order chi connectivity index (χ1) is 27.5. The van der Waals surface area contributed by atoms with E-state index in [2.05, 4.69) is 46.3 Å². The molecule has 19 atom stereocenters. The van der Waals surface area contributed by atoms with Crippen molar-refractivity contribution in [1.29, 1.82) is 0 Å². The van der Waals surface area contributed by atoms with Gasteiger partial charge in [0.15, 0.2) is 24.5 Å². The van der Waals surface area contributed by atoms with Gasteiger partial charge in [-0.05, 0) is 110 Å². The van der Waals surface area contributed by atoms with Crippen LogP contribution in [0, 0.1) is 50.2 Å². The van der Waals surface area contributed by atoms with Crippen molar-refractivity contribution >= 4 is 17.7 Å². The molecular weight excluding hydrogens is 768 g/mol. The van der Waals surface area contributed by atoms with E-state index in [0.717, 1.165) is 45.6 Å². The molecule has 7 rings (SSSR count). The quantitative estimate of drug-likeness (QED) is 0.160. The van der Waals surface area contributed by atoms with Gasteiger partial charge in [-0.2, -0.15) is 0 Å². The summed E-state index contributed by atoms with van der Waals surface area (Å²) < 4.78 is 34.3. The highest BCUT2D eigenvalue weighted by molar-refractivity contribution is 5.95. The fourth-order valence-electron chi connectivity index (χ4n) is 13.7. The predicted molar refractivity (Wildman–Crippen MR) is 208 cm³/mol. The lowest BCUT2D eigenvalue weighted by Crippen LogP contribution is -2.68. The van der Waals surface area contributed by atoms with Gasteiger partial charge in [0, 0.05) is 5.92 Å². The third-order valence-corrected chi connectivity index (χ3v) is 17.6. The molecule has 2 heterocycles. The number of fused-ring (bicyclic) bond motifs is 7. The van der Waals surface area contributed by atoms with Crippen LogP contribution in [0.3, 0.4) is 0 Å². The Morgan fingerprint density at radius 1 is 0.763 bits per heavy atom. The number of hydrogen-bond donors (Lipinski definition) is 6. The zero-order valence-electron chi connectivity index (χ0n) is 36.1. The lowest BCUT2D eigenvalue weighted by atomic mass is 9.33. The molecule has 6 N–H and O–H groups in total. The van der Waals surface area contributed by atoms with Crippen molar-refractivity contribution in [2.75, 3.05) is 20.8 Å². The largest absolute Gasteiger partial charge is 0.469 e. The van der Waals surface area contributed by atoms with E-state index in [0.29, 0.717) is 19.3 Å². The Kier molecular flexibility index (Phi) is 11.7. The molecule has 2 saturated heterocycles. The molecule has 5 aliphatic carbocycles. The molecule has 59 heavy (non-hydrogen) atoms. The summed E-state index contributed by atoms with van der Waals surface area (Å²) in [7, 11) is 2.52. The first-order valence-corrected chi connectivity index (χ1v) is 21.5. The van der Waals surface area contributed by atoms with Crippen molar-refractivity contribution in [2.45, 2.75) is 174 Å². The van der Waals surface area contributed by atoms with Crippen LogP contribution < -0.4 is 0 Å². The maximum absolute atomic E-state index is 14.9. The highest BCUT2D eigenvalue weighted by atomic mass is 16.8. The number of methoxy groups -OCH3 is 2. The zero-order valence-corrected chi connectivity index (χ0v) is 36.1. The molecule has 15 nitrogen and oxygen atoms in total. The predicted octanol–water partition coefficient (Wildman–Crippen LogP) is 2.33. The van der Waals surface area contributed by atoms with Gasteiger partial charge in [-0.1, -0.05) is 47.1 Å². The van der Waals surface area contributed by atoms with E-state index < -0.39 is 96.3 Å². The molecule has 0 aromatic rings. The molecule has 2 aliphatic heterocycles. The Morgan fingerprint density at radius 2 is 1.44 bits per heavy atom. The smallest absolute Gasteiger partial charge is 0.337 e. The van der Waals surface area contributed by atoms with Crippen LogP contribution in [0.15, 0.2) is 11.6 Å². The summed E-state index contributed by atoms with van der Waals surface area (Å²) in [5, 5.41) is 64.2. The molecule has 0 bridgehead atoms. The van der Waals surface area contributed by atoms with E-state index in [1.54, 1.807) is 0 Å². The molecule has 334 valence electrons. The average molecular weight is 837 g/mol. The Hall–Kier alpha value is -2.05. The zero-order chi connectivity index (χ0) is 43.4. The maximum Gasteiger partial charge on any atom is 0.337 e. The van der Waals surface area contributed by atoms with Crippen LogP contribution in [0.5, 0.6) is 0 Å². The lowest BCUT2D eigenvalue weighted by molar-refractivity contribution is -0.375. The lowest BCUT2D eigenvalue weighted by Gasteiger charge is -2.70. The van der Waals surface area contributed by atoms with Gasteiger partial charge in [0.2, 0.25) is 0 Å². The first-order valence-electron chi connectivity index (χ1n) is 21.5. The maximum atomic E-state index is 14.9. The second-order valence-corrected chi connectivity index (χ2v) is 21.0. The van der Waals surface area contributed by atoms with Crippen molar-refractivity contribution in [3.8, 4) is 0 Å². The van der Waals surface area contributed by atoms with Crippen molar-refractivity contribution in [2.24, 2.45) is 50.2 Å². The third-order valence-electron chi connectivity index (χ3n) is 17.6. The monoisotopic (exact) mass is 836 g/mol. The molecule has 4 saturated carbocycles. The van der Waals surface area contributed by atoms with Gasteiger partial charge in [0.05, 0.1) is 32.3 Å². The van der Waals surface area contributed by atoms with Gasteiger partial charge in [-0.25, -0.2) is 4.79 Å². The normalized spacial score (nSPS) is 51.8. The second kappa shape index (κ2) is 15.3. The second-order valence-electron chi connectivity index (χ2n) is 21.0. The number of aliphatic hydroxyl groups is 6. The average Bonchev–Trinajstić information content (AvgIpc) is 3.19. The number of esters is 2. The van der Waals surface area contributed by atoms with E-state index in [1.165, 1.54) is 12.7 Å². The Labute approximate surface area is 347 Å². The number of carbonyl (C=O) groups is 3. The highest BCUT2D eigenvalue weighted by Crippen LogP contribution is 2.75. The van der Waals surface area contributed by atoms with E-state index in [1.807, 2.05) is 13.0 Å². The van der Waals surface area contributed by atoms with Crippen molar-refractivity contribution < 1.29 is 73.4 Å². The number of allylic oxidation sites excluding steroid dienone is 2. The topological polar surface area (TPSA) is 228 Å². The standard InChI is InChI=1S/C44H68O15/c1-39(2)25-10-13-44(7)34(23(46)18-21-22-19-41(4,38(53)55-9)15-14-40(22,3)16-17-43(21,44)6)42(25,5)12-11-26(39)57-37-33(29(49)27(47)24(20-45)56-37)59-36-31(51)28(48)30(50)32(58-36)35(52)54-8/h18,22,24-34,36-37,45,47-51H,10-17,19-20H2,1-9H3/t22?,24-,25?,26?,27-,28+,29+,30+,31-,32+,33-,34?,36+,37+,40-,41+,42+,43-,44-/m1/s1.